The van der Waals surface area contributed by atoms with E-state index in [1.165, 1.54) is 11.1 Å². The number of fused-ring (bicyclic) bond motifs is 1. The van der Waals surface area contributed by atoms with Crippen LogP contribution in [0.25, 0.3) is 10.8 Å². The number of benzene rings is 4. The summed E-state index contributed by atoms with van der Waals surface area (Å²) in [6, 6.07) is 30.8. The van der Waals surface area contributed by atoms with Crippen LogP contribution in [0.5, 0.6) is 11.5 Å². The lowest BCUT2D eigenvalue weighted by Gasteiger charge is -2.32. The van der Waals surface area contributed by atoms with Crippen molar-refractivity contribution in [2.24, 2.45) is 0 Å². The van der Waals surface area contributed by atoms with Crippen LogP contribution in [0, 0.1) is 0 Å². The van der Waals surface area contributed by atoms with Gasteiger partial charge in [0.25, 0.3) is 0 Å². The molecule has 0 aliphatic carbocycles. The van der Waals surface area contributed by atoms with Gasteiger partial charge in [0.1, 0.15) is 24.2 Å². The Balaban J connectivity index is 1.09. The zero-order valence-electron chi connectivity index (χ0n) is 24.0. The molecular formula is C35H41NO6. The molecule has 0 radical (unpaired) electrons. The first kappa shape index (κ1) is 30.0. The number of aliphatic hydroxyl groups excluding tert-OH is 2. The van der Waals surface area contributed by atoms with Gasteiger partial charge >= 0.3 is 0 Å². The summed E-state index contributed by atoms with van der Waals surface area (Å²) in [6.07, 6.45) is 1.06. The van der Waals surface area contributed by atoms with Gasteiger partial charge in [-0.2, -0.15) is 0 Å². The molecular weight excluding hydrogens is 530 g/mol. The molecule has 1 aliphatic rings. The predicted octanol–water partition coefficient (Wildman–Crippen LogP) is 5.22. The van der Waals surface area contributed by atoms with Crippen molar-refractivity contribution in [3.8, 4) is 11.5 Å². The van der Waals surface area contributed by atoms with Crippen molar-refractivity contribution >= 4 is 10.8 Å². The van der Waals surface area contributed by atoms with E-state index >= 15 is 0 Å². The lowest BCUT2D eigenvalue weighted by Crippen LogP contribution is -2.40. The summed E-state index contributed by atoms with van der Waals surface area (Å²) in [5.74, 6) is 1.86. The van der Waals surface area contributed by atoms with Crippen LogP contribution in [0.4, 0.5) is 0 Å². The summed E-state index contributed by atoms with van der Waals surface area (Å²) in [6.45, 7) is 4.00. The van der Waals surface area contributed by atoms with Crippen molar-refractivity contribution in [1.82, 2.24) is 5.32 Å². The second-order valence-electron chi connectivity index (χ2n) is 10.7. The van der Waals surface area contributed by atoms with E-state index in [1.807, 2.05) is 36.4 Å². The Morgan fingerprint density at radius 3 is 2.40 bits per heavy atom. The fraction of sp³-hybridized carbons (Fsp3) is 0.371. The molecule has 0 amide bonds. The van der Waals surface area contributed by atoms with E-state index < -0.39 is 6.10 Å². The molecule has 3 N–H and O–H groups in total. The van der Waals surface area contributed by atoms with Crippen molar-refractivity contribution in [3.05, 3.63) is 108 Å². The van der Waals surface area contributed by atoms with E-state index in [9.17, 15) is 5.11 Å². The van der Waals surface area contributed by atoms with Crippen LogP contribution in [0.15, 0.2) is 91.0 Å². The number of hydrogen-bond donors (Lipinski definition) is 3. The third kappa shape index (κ3) is 8.77. The van der Waals surface area contributed by atoms with Crippen molar-refractivity contribution in [3.63, 3.8) is 0 Å². The lowest BCUT2D eigenvalue weighted by atomic mass is 9.87. The summed E-state index contributed by atoms with van der Waals surface area (Å²) in [5.41, 5.74) is 3.58. The minimum absolute atomic E-state index is 0.0608. The van der Waals surface area contributed by atoms with Crippen LogP contribution >= 0.6 is 0 Å². The second kappa shape index (κ2) is 15.7. The molecule has 4 aromatic carbocycles. The van der Waals surface area contributed by atoms with Gasteiger partial charge < -0.3 is 34.5 Å². The summed E-state index contributed by atoms with van der Waals surface area (Å²) in [7, 11) is 0. The van der Waals surface area contributed by atoms with Gasteiger partial charge in [-0.05, 0) is 70.8 Å². The summed E-state index contributed by atoms with van der Waals surface area (Å²) in [5, 5.41) is 24.1. The van der Waals surface area contributed by atoms with Gasteiger partial charge in [0, 0.05) is 18.9 Å². The molecule has 0 aromatic heterocycles. The SMILES string of the molecule is OCC(O)COc1ccc2cc(COC3CNCCC3c3ccc(OCCCOCc4ccccc4)cc3)ccc2c1. The Bertz CT molecular complexity index is 1360. The molecule has 0 bridgehead atoms. The molecule has 3 unspecified atom stereocenters. The molecule has 1 saturated heterocycles. The van der Waals surface area contributed by atoms with Crippen LogP contribution in [0.2, 0.25) is 0 Å². The molecule has 4 aromatic rings. The van der Waals surface area contributed by atoms with Crippen molar-refractivity contribution in [2.75, 3.05) is 39.5 Å². The summed E-state index contributed by atoms with van der Waals surface area (Å²) >= 11 is 0. The normalized spacial score (nSPS) is 17.7. The Labute approximate surface area is 248 Å². The quantitative estimate of drug-likeness (QED) is 0.169. The first-order chi connectivity index (χ1) is 20.7. The first-order valence-electron chi connectivity index (χ1n) is 14.8. The van der Waals surface area contributed by atoms with Crippen LogP contribution in [0.1, 0.15) is 35.4 Å². The number of hydrogen-bond acceptors (Lipinski definition) is 7. The molecule has 1 aliphatic heterocycles. The maximum absolute atomic E-state index is 9.52. The molecule has 222 valence electrons. The van der Waals surface area contributed by atoms with Gasteiger partial charge in [-0.3, -0.25) is 0 Å². The molecule has 7 nitrogen and oxygen atoms in total. The fourth-order valence-electron chi connectivity index (χ4n) is 5.21. The molecule has 5 rings (SSSR count). The third-order valence-corrected chi connectivity index (χ3v) is 7.54. The minimum Gasteiger partial charge on any atom is -0.494 e. The highest BCUT2D eigenvalue weighted by atomic mass is 16.5. The zero-order chi connectivity index (χ0) is 29.0. The Kier molecular flexibility index (Phi) is 11.2. The number of piperidine rings is 1. The highest BCUT2D eigenvalue weighted by molar-refractivity contribution is 5.84. The number of ether oxygens (including phenoxy) is 4. The highest BCUT2D eigenvalue weighted by Crippen LogP contribution is 2.30. The Morgan fingerprint density at radius 1 is 0.786 bits per heavy atom. The smallest absolute Gasteiger partial charge is 0.120 e. The molecule has 1 fully saturated rings. The fourth-order valence-corrected chi connectivity index (χ4v) is 5.21. The molecule has 3 atom stereocenters. The third-order valence-electron chi connectivity index (χ3n) is 7.54. The Hall–Kier alpha value is -3.46. The van der Waals surface area contributed by atoms with Crippen LogP contribution in [0.3, 0.4) is 0 Å². The summed E-state index contributed by atoms with van der Waals surface area (Å²) < 4.78 is 23.7. The van der Waals surface area contributed by atoms with E-state index in [-0.39, 0.29) is 19.3 Å². The van der Waals surface area contributed by atoms with E-state index in [2.05, 4.69) is 59.9 Å². The van der Waals surface area contributed by atoms with E-state index in [1.54, 1.807) is 0 Å². The van der Waals surface area contributed by atoms with Gasteiger partial charge in [-0.25, -0.2) is 0 Å². The predicted molar refractivity (Wildman–Crippen MR) is 164 cm³/mol. The van der Waals surface area contributed by atoms with E-state index in [0.29, 0.717) is 38.1 Å². The average Bonchev–Trinajstić information content (AvgIpc) is 3.05. The molecule has 0 saturated carbocycles. The number of rotatable bonds is 15. The number of aliphatic hydroxyl groups is 2. The maximum Gasteiger partial charge on any atom is 0.120 e. The standard InChI is InChI=1S/C35H41NO6/c37-22-31(38)25-41-33-14-11-29-19-27(7-8-30(29)20-33)24-42-35-21-36-16-15-34(35)28-9-12-32(13-10-28)40-18-4-17-39-23-26-5-2-1-3-6-26/h1-3,5-14,19-20,31,34-38H,4,15-18,21-25H2. The van der Waals surface area contributed by atoms with Crippen molar-refractivity contribution < 1.29 is 29.2 Å². The molecule has 7 heteroatoms. The van der Waals surface area contributed by atoms with Gasteiger partial charge in [-0.15, -0.1) is 0 Å². The van der Waals surface area contributed by atoms with E-state index in [0.717, 1.165) is 48.0 Å². The topological polar surface area (TPSA) is 89.4 Å². The second-order valence-corrected chi connectivity index (χ2v) is 10.7. The number of nitrogens with one attached hydrogen (secondary N) is 1. The first-order valence-corrected chi connectivity index (χ1v) is 14.8. The van der Waals surface area contributed by atoms with E-state index in [4.69, 9.17) is 24.1 Å². The minimum atomic E-state index is -0.884. The maximum atomic E-state index is 9.52. The highest BCUT2D eigenvalue weighted by Gasteiger charge is 2.27. The molecule has 0 spiro atoms. The van der Waals surface area contributed by atoms with Crippen molar-refractivity contribution in [2.45, 2.75) is 44.2 Å². The van der Waals surface area contributed by atoms with Gasteiger partial charge in [-0.1, -0.05) is 60.7 Å². The molecule has 1 heterocycles. The summed E-state index contributed by atoms with van der Waals surface area (Å²) in [4.78, 5) is 0. The van der Waals surface area contributed by atoms with Crippen LogP contribution in [-0.4, -0.2) is 61.9 Å². The van der Waals surface area contributed by atoms with Crippen LogP contribution in [-0.2, 0) is 22.7 Å². The van der Waals surface area contributed by atoms with Crippen molar-refractivity contribution in [1.29, 1.82) is 0 Å². The zero-order valence-corrected chi connectivity index (χ0v) is 24.0. The van der Waals surface area contributed by atoms with Gasteiger partial charge in [0.05, 0.1) is 39.1 Å². The van der Waals surface area contributed by atoms with Crippen LogP contribution < -0.4 is 14.8 Å². The van der Waals surface area contributed by atoms with Gasteiger partial charge in [0.2, 0.25) is 0 Å². The monoisotopic (exact) mass is 571 g/mol. The largest absolute Gasteiger partial charge is 0.494 e. The molecule has 42 heavy (non-hydrogen) atoms. The lowest BCUT2D eigenvalue weighted by molar-refractivity contribution is 0.0106. The van der Waals surface area contributed by atoms with Gasteiger partial charge in [0.15, 0.2) is 0 Å². The average molecular weight is 572 g/mol. The Morgan fingerprint density at radius 2 is 1.57 bits per heavy atom.